The number of hydrogen-bond acceptors (Lipinski definition) is 6. The van der Waals surface area contributed by atoms with Gasteiger partial charge in [-0.2, -0.15) is 0 Å². The number of nitrogens with one attached hydrogen (secondary N) is 1. The summed E-state index contributed by atoms with van der Waals surface area (Å²) in [6.45, 7) is 4.67. The van der Waals surface area contributed by atoms with Crippen LogP contribution < -0.4 is 24.4 Å². The van der Waals surface area contributed by atoms with Gasteiger partial charge in [0.05, 0.1) is 12.8 Å². The number of amides is 4. The van der Waals surface area contributed by atoms with Crippen LogP contribution in [0.3, 0.4) is 0 Å². The summed E-state index contributed by atoms with van der Waals surface area (Å²) in [6.07, 6.45) is 1.42. The first-order valence-corrected chi connectivity index (χ1v) is 13.4. The maximum Gasteiger partial charge on any atom is 0.335 e. The van der Waals surface area contributed by atoms with Crippen LogP contribution in [0.15, 0.2) is 96.6 Å². The van der Waals surface area contributed by atoms with Crippen molar-refractivity contribution in [2.75, 3.05) is 12.0 Å². The van der Waals surface area contributed by atoms with Crippen molar-refractivity contribution in [1.82, 2.24) is 5.32 Å². The quantitative estimate of drug-likeness (QED) is 0.195. The van der Waals surface area contributed by atoms with Crippen LogP contribution in [0.4, 0.5) is 10.5 Å². The third-order valence-electron chi connectivity index (χ3n) is 6.76. The van der Waals surface area contributed by atoms with E-state index in [1.54, 1.807) is 42.5 Å². The molecule has 4 amide bonds. The van der Waals surface area contributed by atoms with Crippen molar-refractivity contribution in [2.24, 2.45) is 0 Å². The van der Waals surface area contributed by atoms with E-state index in [9.17, 15) is 14.4 Å². The number of rotatable bonds is 9. The third-order valence-corrected chi connectivity index (χ3v) is 6.76. The molecular formula is C34H30N2O6. The van der Waals surface area contributed by atoms with Crippen LogP contribution in [0.1, 0.15) is 27.8 Å². The summed E-state index contributed by atoms with van der Waals surface area (Å²) in [6, 6.07) is 26.7. The number of urea groups is 1. The highest BCUT2D eigenvalue weighted by atomic mass is 16.5. The second-order valence-electron chi connectivity index (χ2n) is 9.90. The average Bonchev–Trinajstić information content (AvgIpc) is 2.99. The summed E-state index contributed by atoms with van der Waals surface area (Å²) in [5.41, 5.74) is 4.84. The zero-order valence-electron chi connectivity index (χ0n) is 23.5. The lowest BCUT2D eigenvalue weighted by molar-refractivity contribution is -0.122. The lowest BCUT2D eigenvalue weighted by atomic mass is 10.1. The predicted molar refractivity (Wildman–Crippen MR) is 159 cm³/mol. The number of ether oxygens (including phenoxy) is 3. The summed E-state index contributed by atoms with van der Waals surface area (Å²) in [7, 11) is 1.54. The highest BCUT2D eigenvalue weighted by Gasteiger charge is 2.37. The Bertz CT molecular complexity index is 1640. The van der Waals surface area contributed by atoms with Gasteiger partial charge in [0, 0.05) is 11.6 Å². The van der Waals surface area contributed by atoms with Crippen LogP contribution >= 0.6 is 0 Å². The van der Waals surface area contributed by atoms with Crippen molar-refractivity contribution in [1.29, 1.82) is 0 Å². The van der Waals surface area contributed by atoms with E-state index in [1.165, 1.54) is 13.2 Å². The molecule has 0 aliphatic carbocycles. The summed E-state index contributed by atoms with van der Waals surface area (Å²) in [4.78, 5) is 40.0. The fourth-order valence-electron chi connectivity index (χ4n) is 4.32. The standard InChI is InChI=1S/C34H30N2O6/c1-22-4-8-24(9-5-22)20-41-28-16-13-27(14-17-28)36-33(38)30(32(37)35-34(36)39)18-26-12-15-29(40-3)19-31(26)42-21-25-10-6-23(2)7-11-25/h4-19H,20-21H2,1-3H3,(H,35,37,39)/b30-18+. The Balaban J connectivity index is 1.36. The lowest BCUT2D eigenvalue weighted by Gasteiger charge is -2.26. The van der Waals surface area contributed by atoms with Gasteiger partial charge in [-0.3, -0.25) is 14.9 Å². The Labute approximate surface area is 244 Å². The summed E-state index contributed by atoms with van der Waals surface area (Å²) < 4.78 is 17.3. The molecule has 4 aromatic rings. The van der Waals surface area contributed by atoms with Crippen LogP contribution in [0.25, 0.3) is 6.08 Å². The molecule has 1 aliphatic rings. The molecule has 8 heteroatoms. The average molecular weight is 563 g/mol. The van der Waals surface area contributed by atoms with Crippen molar-refractivity contribution in [3.63, 3.8) is 0 Å². The van der Waals surface area contributed by atoms with Crippen LogP contribution in [-0.4, -0.2) is 25.0 Å². The number of carbonyl (C=O) groups excluding carboxylic acids is 3. The SMILES string of the molecule is COc1ccc(/C=C2\C(=O)NC(=O)N(c3ccc(OCc4ccc(C)cc4)cc3)C2=O)c(OCc2ccc(C)cc2)c1. The fourth-order valence-corrected chi connectivity index (χ4v) is 4.32. The molecule has 1 heterocycles. The molecular weight excluding hydrogens is 532 g/mol. The molecule has 8 nitrogen and oxygen atoms in total. The van der Waals surface area contributed by atoms with E-state index in [0.717, 1.165) is 27.2 Å². The van der Waals surface area contributed by atoms with E-state index in [-0.39, 0.29) is 12.2 Å². The van der Waals surface area contributed by atoms with Crippen molar-refractivity contribution in [3.8, 4) is 17.2 Å². The van der Waals surface area contributed by atoms with Crippen LogP contribution in [0.5, 0.6) is 17.2 Å². The summed E-state index contributed by atoms with van der Waals surface area (Å²) >= 11 is 0. The summed E-state index contributed by atoms with van der Waals surface area (Å²) in [5.74, 6) is 0.000127. The highest BCUT2D eigenvalue weighted by molar-refractivity contribution is 6.39. The van der Waals surface area contributed by atoms with E-state index < -0.39 is 17.8 Å². The van der Waals surface area contributed by atoms with E-state index >= 15 is 0 Å². The second-order valence-corrected chi connectivity index (χ2v) is 9.90. The number of aryl methyl sites for hydroxylation is 2. The molecule has 212 valence electrons. The molecule has 1 saturated heterocycles. The van der Waals surface area contributed by atoms with Crippen molar-refractivity contribution < 1.29 is 28.6 Å². The first kappa shape index (κ1) is 28.2. The van der Waals surface area contributed by atoms with Gasteiger partial charge < -0.3 is 14.2 Å². The van der Waals surface area contributed by atoms with E-state index in [2.05, 4.69) is 5.32 Å². The Hall–Kier alpha value is -5.37. The van der Waals surface area contributed by atoms with E-state index in [0.29, 0.717) is 35.1 Å². The van der Waals surface area contributed by atoms with Gasteiger partial charge in [0.15, 0.2) is 0 Å². The van der Waals surface area contributed by atoms with Gasteiger partial charge in [0.25, 0.3) is 11.8 Å². The number of imide groups is 2. The van der Waals surface area contributed by atoms with Crippen molar-refractivity contribution >= 4 is 29.6 Å². The molecule has 42 heavy (non-hydrogen) atoms. The normalized spacial score (nSPS) is 14.1. The smallest absolute Gasteiger partial charge is 0.335 e. The molecule has 0 atom stereocenters. The predicted octanol–water partition coefficient (Wildman–Crippen LogP) is 6.14. The fraction of sp³-hybridized carbons (Fsp3) is 0.147. The van der Waals surface area contributed by atoms with Gasteiger partial charge in [-0.25, -0.2) is 9.69 Å². The third kappa shape index (κ3) is 6.50. The zero-order valence-corrected chi connectivity index (χ0v) is 23.5. The molecule has 1 fully saturated rings. The molecule has 0 aromatic heterocycles. The molecule has 1 N–H and O–H groups in total. The monoisotopic (exact) mass is 562 g/mol. The Kier molecular flexibility index (Phi) is 8.34. The highest BCUT2D eigenvalue weighted by Crippen LogP contribution is 2.30. The largest absolute Gasteiger partial charge is 0.497 e. The molecule has 0 radical (unpaired) electrons. The zero-order chi connectivity index (χ0) is 29.6. The Morgan fingerprint density at radius 3 is 1.88 bits per heavy atom. The minimum Gasteiger partial charge on any atom is -0.497 e. The molecule has 5 rings (SSSR count). The summed E-state index contributed by atoms with van der Waals surface area (Å²) in [5, 5.41) is 2.26. The molecule has 0 spiro atoms. The van der Waals surface area contributed by atoms with Gasteiger partial charge in [-0.05, 0) is 67.4 Å². The Morgan fingerprint density at radius 2 is 1.29 bits per heavy atom. The van der Waals surface area contributed by atoms with E-state index in [4.69, 9.17) is 14.2 Å². The minimum absolute atomic E-state index is 0.209. The number of hydrogen-bond donors (Lipinski definition) is 1. The number of methoxy groups -OCH3 is 1. The molecule has 1 aliphatic heterocycles. The lowest BCUT2D eigenvalue weighted by Crippen LogP contribution is -2.54. The van der Waals surface area contributed by atoms with Gasteiger partial charge in [0.2, 0.25) is 0 Å². The maximum atomic E-state index is 13.5. The molecule has 0 saturated carbocycles. The van der Waals surface area contributed by atoms with Crippen molar-refractivity contribution in [2.45, 2.75) is 27.1 Å². The van der Waals surface area contributed by atoms with E-state index in [1.807, 2.05) is 62.4 Å². The number of nitrogens with zero attached hydrogens (tertiary/aromatic N) is 1. The molecule has 0 unspecified atom stereocenters. The van der Waals surface area contributed by atoms with Crippen LogP contribution in [0.2, 0.25) is 0 Å². The van der Waals surface area contributed by atoms with Gasteiger partial charge in [-0.15, -0.1) is 0 Å². The topological polar surface area (TPSA) is 94.2 Å². The number of benzene rings is 4. The van der Waals surface area contributed by atoms with Crippen molar-refractivity contribution in [3.05, 3.63) is 124 Å². The molecule has 0 bridgehead atoms. The first-order valence-electron chi connectivity index (χ1n) is 13.4. The van der Waals surface area contributed by atoms with Gasteiger partial charge in [-0.1, -0.05) is 59.7 Å². The number of barbiturate groups is 1. The minimum atomic E-state index is -0.832. The van der Waals surface area contributed by atoms with Gasteiger partial charge in [0.1, 0.15) is 36.0 Å². The number of carbonyl (C=O) groups is 3. The number of anilines is 1. The second kappa shape index (κ2) is 12.4. The van der Waals surface area contributed by atoms with Crippen LogP contribution in [0, 0.1) is 13.8 Å². The Morgan fingerprint density at radius 1 is 0.714 bits per heavy atom. The van der Waals surface area contributed by atoms with Gasteiger partial charge >= 0.3 is 6.03 Å². The maximum absolute atomic E-state index is 13.5. The van der Waals surface area contributed by atoms with Crippen LogP contribution in [-0.2, 0) is 22.8 Å². The molecule has 4 aromatic carbocycles. The first-order chi connectivity index (χ1) is 20.3.